The van der Waals surface area contributed by atoms with E-state index in [1.54, 1.807) is 6.07 Å². The van der Waals surface area contributed by atoms with Crippen LogP contribution in [0, 0.1) is 24.1 Å². The van der Waals surface area contributed by atoms with Crippen LogP contribution in [0.25, 0.3) is 11.1 Å². The van der Waals surface area contributed by atoms with E-state index in [-0.39, 0.29) is 5.56 Å². The molecule has 0 bridgehead atoms. The highest BCUT2D eigenvalue weighted by Gasteiger charge is 2.03. The minimum atomic E-state index is -0.472. The Morgan fingerprint density at radius 3 is 2.19 bits per heavy atom. The molecule has 2 aromatic rings. The Hall–Kier alpha value is -2.14. The zero-order valence-electron chi connectivity index (χ0n) is 8.87. The molecule has 0 aliphatic rings. The first-order valence-electron chi connectivity index (χ1n) is 4.97. The van der Waals surface area contributed by atoms with Gasteiger partial charge in [0.25, 0.3) is 0 Å². The Morgan fingerprint density at radius 1 is 1.00 bits per heavy atom. The van der Waals surface area contributed by atoms with Gasteiger partial charge in [-0.15, -0.1) is 0 Å². The van der Waals surface area contributed by atoms with E-state index in [0.717, 1.165) is 16.7 Å². The second kappa shape index (κ2) is 4.16. The molecule has 0 aliphatic heterocycles. The highest BCUT2D eigenvalue weighted by atomic mass is 19.1. The summed E-state index contributed by atoms with van der Waals surface area (Å²) in [5.41, 5.74) is 2.99. The zero-order chi connectivity index (χ0) is 11.5. The third kappa shape index (κ3) is 1.94. The summed E-state index contributed by atoms with van der Waals surface area (Å²) in [7, 11) is 0. The molecule has 0 amide bonds. The van der Waals surface area contributed by atoms with Crippen LogP contribution in [-0.4, -0.2) is 0 Å². The zero-order valence-corrected chi connectivity index (χ0v) is 8.87. The first-order chi connectivity index (χ1) is 7.70. The molecule has 78 valence electrons. The van der Waals surface area contributed by atoms with Crippen LogP contribution in [-0.2, 0) is 0 Å². The van der Waals surface area contributed by atoms with Crippen LogP contribution in [0.3, 0.4) is 0 Å². The summed E-state index contributed by atoms with van der Waals surface area (Å²) in [6, 6.07) is 14.3. The Labute approximate surface area is 93.8 Å². The van der Waals surface area contributed by atoms with Gasteiger partial charge in [0.15, 0.2) is 0 Å². The summed E-state index contributed by atoms with van der Waals surface area (Å²) < 4.78 is 13.4. The first-order valence-corrected chi connectivity index (χ1v) is 4.97. The van der Waals surface area contributed by atoms with Gasteiger partial charge in [-0.2, -0.15) is 5.26 Å². The first kappa shape index (κ1) is 10.4. The fourth-order valence-corrected chi connectivity index (χ4v) is 1.53. The summed E-state index contributed by atoms with van der Waals surface area (Å²) in [5, 5.41) is 8.63. The van der Waals surface area contributed by atoms with Gasteiger partial charge in [0.2, 0.25) is 0 Å². The predicted molar refractivity (Wildman–Crippen MR) is 61.3 cm³/mol. The molecule has 1 nitrogen and oxygen atoms in total. The highest BCUT2D eigenvalue weighted by molar-refractivity contribution is 5.64. The van der Waals surface area contributed by atoms with Gasteiger partial charge >= 0.3 is 0 Å². The van der Waals surface area contributed by atoms with Crippen molar-refractivity contribution < 1.29 is 4.39 Å². The molecule has 2 heteroatoms. The molecule has 0 aliphatic carbocycles. The molecule has 2 aromatic carbocycles. The second-order valence-electron chi connectivity index (χ2n) is 3.67. The molecule has 2 rings (SSSR count). The Morgan fingerprint density at radius 2 is 1.62 bits per heavy atom. The molecule has 0 saturated carbocycles. The van der Waals surface area contributed by atoms with E-state index in [9.17, 15) is 4.39 Å². The molecular formula is C14H10FN. The third-order valence-corrected chi connectivity index (χ3v) is 2.47. The molecule has 0 unspecified atom stereocenters. The van der Waals surface area contributed by atoms with E-state index in [4.69, 9.17) is 5.26 Å². The van der Waals surface area contributed by atoms with Crippen LogP contribution in [0.15, 0.2) is 42.5 Å². The van der Waals surface area contributed by atoms with Gasteiger partial charge in [-0.05, 0) is 30.2 Å². The van der Waals surface area contributed by atoms with Crippen molar-refractivity contribution in [1.29, 1.82) is 5.26 Å². The van der Waals surface area contributed by atoms with Crippen LogP contribution in [0.4, 0.5) is 4.39 Å². The average molecular weight is 211 g/mol. The van der Waals surface area contributed by atoms with E-state index in [1.807, 2.05) is 37.3 Å². The number of hydrogen-bond donors (Lipinski definition) is 0. The summed E-state index contributed by atoms with van der Waals surface area (Å²) >= 11 is 0. The van der Waals surface area contributed by atoms with Crippen molar-refractivity contribution in [1.82, 2.24) is 0 Å². The molecule has 0 aromatic heterocycles. The van der Waals surface area contributed by atoms with Crippen LogP contribution in [0.1, 0.15) is 11.1 Å². The van der Waals surface area contributed by atoms with Crippen LogP contribution in [0.5, 0.6) is 0 Å². The number of benzene rings is 2. The van der Waals surface area contributed by atoms with E-state index in [2.05, 4.69) is 0 Å². The van der Waals surface area contributed by atoms with Gasteiger partial charge < -0.3 is 0 Å². The van der Waals surface area contributed by atoms with Crippen molar-refractivity contribution in [2.45, 2.75) is 6.92 Å². The number of nitrogens with zero attached hydrogens (tertiary/aromatic N) is 1. The summed E-state index contributed by atoms with van der Waals surface area (Å²) in [6.07, 6.45) is 0. The van der Waals surface area contributed by atoms with Gasteiger partial charge in [0.05, 0.1) is 5.56 Å². The lowest BCUT2D eigenvalue weighted by Gasteiger charge is -2.03. The molecule has 0 atom stereocenters. The molecule has 0 saturated heterocycles. The quantitative estimate of drug-likeness (QED) is 0.706. The largest absolute Gasteiger partial charge is 0.206 e. The molecule has 16 heavy (non-hydrogen) atoms. The normalized spacial score (nSPS) is 9.81. The van der Waals surface area contributed by atoms with E-state index < -0.39 is 5.82 Å². The standard InChI is InChI=1S/C14H10FN/c1-10-2-4-11(5-3-10)12-6-7-13(9-16)14(15)8-12/h2-8H,1H3. The monoisotopic (exact) mass is 211 g/mol. The highest BCUT2D eigenvalue weighted by Crippen LogP contribution is 2.21. The van der Waals surface area contributed by atoms with Crippen LogP contribution in [0.2, 0.25) is 0 Å². The van der Waals surface area contributed by atoms with E-state index in [0.29, 0.717) is 0 Å². The minimum absolute atomic E-state index is 0.0795. The molecular weight excluding hydrogens is 201 g/mol. The summed E-state index contributed by atoms with van der Waals surface area (Å²) in [5.74, 6) is -0.472. The maximum atomic E-state index is 13.4. The maximum Gasteiger partial charge on any atom is 0.141 e. The predicted octanol–water partition coefficient (Wildman–Crippen LogP) is 3.67. The van der Waals surface area contributed by atoms with Gasteiger partial charge in [-0.3, -0.25) is 0 Å². The van der Waals surface area contributed by atoms with Gasteiger partial charge in [0.1, 0.15) is 11.9 Å². The number of aryl methyl sites for hydroxylation is 1. The SMILES string of the molecule is Cc1ccc(-c2ccc(C#N)c(F)c2)cc1. The number of rotatable bonds is 1. The lowest BCUT2D eigenvalue weighted by molar-refractivity contribution is 0.624. The molecule has 0 N–H and O–H groups in total. The van der Waals surface area contributed by atoms with Crippen molar-refractivity contribution in [3.8, 4) is 17.2 Å². The summed E-state index contributed by atoms with van der Waals surface area (Å²) in [4.78, 5) is 0. The van der Waals surface area contributed by atoms with Crippen molar-refractivity contribution in [3.63, 3.8) is 0 Å². The Balaban J connectivity index is 2.46. The number of nitriles is 1. The van der Waals surface area contributed by atoms with Crippen LogP contribution >= 0.6 is 0 Å². The number of hydrogen-bond acceptors (Lipinski definition) is 1. The summed E-state index contributed by atoms with van der Waals surface area (Å²) in [6.45, 7) is 2.00. The number of halogens is 1. The van der Waals surface area contributed by atoms with E-state index >= 15 is 0 Å². The third-order valence-electron chi connectivity index (χ3n) is 2.47. The average Bonchev–Trinajstić information content (AvgIpc) is 2.30. The Kier molecular flexibility index (Phi) is 2.70. The minimum Gasteiger partial charge on any atom is -0.206 e. The van der Waals surface area contributed by atoms with Crippen molar-refractivity contribution in [3.05, 3.63) is 59.4 Å². The lowest BCUT2D eigenvalue weighted by atomic mass is 10.0. The smallest absolute Gasteiger partial charge is 0.141 e. The van der Waals surface area contributed by atoms with Crippen molar-refractivity contribution in [2.75, 3.05) is 0 Å². The van der Waals surface area contributed by atoms with Gasteiger partial charge in [-0.25, -0.2) is 4.39 Å². The fraction of sp³-hybridized carbons (Fsp3) is 0.0714. The Bertz CT molecular complexity index is 550. The molecule has 0 spiro atoms. The van der Waals surface area contributed by atoms with Gasteiger partial charge in [-0.1, -0.05) is 35.9 Å². The van der Waals surface area contributed by atoms with Gasteiger partial charge in [0, 0.05) is 0 Å². The molecule has 0 heterocycles. The molecule has 0 fully saturated rings. The lowest BCUT2D eigenvalue weighted by Crippen LogP contribution is -1.85. The van der Waals surface area contributed by atoms with Crippen molar-refractivity contribution in [2.24, 2.45) is 0 Å². The fourth-order valence-electron chi connectivity index (χ4n) is 1.53. The van der Waals surface area contributed by atoms with E-state index in [1.165, 1.54) is 12.1 Å². The van der Waals surface area contributed by atoms with Crippen molar-refractivity contribution >= 4 is 0 Å². The van der Waals surface area contributed by atoms with Crippen LogP contribution < -0.4 is 0 Å². The maximum absolute atomic E-state index is 13.4. The molecule has 0 radical (unpaired) electrons. The topological polar surface area (TPSA) is 23.8 Å². The second-order valence-corrected chi connectivity index (χ2v) is 3.67.